The Morgan fingerprint density at radius 3 is 2.30 bits per heavy atom. The second-order valence-corrected chi connectivity index (χ2v) is 6.11. The van der Waals surface area contributed by atoms with Gasteiger partial charge in [0.05, 0.1) is 0 Å². The average Bonchev–Trinajstić information content (AvgIpc) is 2.51. The lowest BCUT2D eigenvalue weighted by atomic mass is 10.1. The van der Waals surface area contributed by atoms with Gasteiger partial charge in [-0.05, 0) is 38.2 Å². The maximum absolute atomic E-state index is 10.3. The van der Waals surface area contributed by atoms with Gasteiger partial charge in [0.25, 0.3) is 0 Å². The van der Waals surface area contributed by atoms with Crippen molar-refractivity contribution in [2.24, 2.45) is 0 Å². The Kier molecular flexibility index (Phi) is 16.1. The number of hydrogen-bond donors (Lipinski definition) is 2. The van der Waals surface area contributed by atoms with E-state index in [9.17, 15) is 9.90 Å². The Morgan fingerprint density at radius 1 is 1.00 bits per heavy atom. The highest BCUT2D eigenvalue weighted by Crippen LogP contribution is 2.10. The average molecular weight is 322 g/mol. The van der Waals surface area contributed by atoms with Crippen molar-refractivity contribution in [1.29, 1.82) is 0 Å². The van der Waals surface area contributed by atoms with Gasteiger partial charge >= 0.3 is 5.97 Å². The molecule has 0 saturated heterocycles. The van der Waals surface area contributed by atoms with Crippen LogP contribution < -0.4 is 0 Å². The first kappa shape index (κ1) is 21.7. The van der Waals surface area contributed by atoms with E-state index in [1.54, 1.807) is 0 Å². The molecular weight excluding hydrogens is 288 g/mol. The van der Waals surface area contributed by atoms with E-state index >= 15 is 0 Å². The molecule has 0 radical (unpaired) electrons. The van der Waals surface area contributed by atoms with E-state index in [0.717, 1.165) is 44.9 Å². The van der Waals surface area contributed by atoms with E-state index in [2.05, 4.69) is 24.8 Å². The normalized spacial score (nSPS) is 12.1. The summed E-state index contributed by atoms with van der Waals surface area (Å²) < 4.78 is 0. The molecule has 0 aromatic heterocycles. The van der Waals surface area contributed by atoms with Crippen LogP contribution in [0, 0.1) is 11.8 Å². The number of unbranched alkanes of at least 4 members (excludes halogenated alkanes) is 9. The van der Waals surface area contributed by atoms with Gasteiger partial charge in [-0.15, -0.1) is 0 Å². The van der Waals surface area contributed by atoms with Gasteiger partial charge in [0.15, 0.2) is 0 Å². The van der Waals surface area contributed by atoms with Crippen molar-refractivity contribution in [1.82, 2.24) is 0 Å². The molecule has 0 aliphatic heterocycles. The molecule has 0 bridgehead atoms. The van der Waals surface area contributed by atoms with Crippen molar-refractivity contribution < 1.29 is 15.0 Å². The number of carboxylic acid groups (broad SMARTS) is 1. The fourth-order valence-electron chi connectivity index (χ4n) is 2.37. The Bertz CT molecular complexity index is 363. The summed E-state index contributed by atoms with van der Waals surface area (Å²) in [5.41, 5.74) is 0. The first-order chi connectivity index (χ1) is 11.2. The zero-order valence-corrected chi connectivity index (χ0v) is 14.7. The molecule has 0 heterocycles. The fraction of sp³-hybridized carbons (Fsp3) is 0.750. The summed E-state index contributed by atoms with van der Waals surface area (Å²) in [5, 5.41) is 18.2. The monoisotopic (exact) mass is 322 g/mol. The van der Waals surface area contributed by atoms with Crippen LogP contribution in [0.1, 0.15) is 90.4 Å². The van der Waals surface area contributed by atoms with Crippen molar-refractivity contribution in [3.63, 3.8) is 0 Å². The summed E-state index contributed by atoms with van der Waals surface area (Å²) in [6.07, 6.45) is 16.8. The van der Waals surface area contributed by atoms with Crippen LogP contribution in [0.3, 0.4) is 0 Å². The first-order valence-electron chi connectivity index (χ1n) is 9.22. The predicted octanol–water partition coefficient (Wildman–Crippen LogP) is 5.08. The number of aliphatic carboxylic acids is 1. The second-order valence-electron chi connectivity index (χ2n) is 6.11. The van der Waals surface area contributed by atoms with Gasteiger partial charge in [0.1, 0.15) is 6.10 Å². The minimum Gasteiger partial charge on any atom is -0.481 e. The molecular formula is C20H34O3. The van der Waals surface area contributed by atoms with Crippen LogP contribution >= 0.6 is 0 Å². The van der Waals surface area contributed by atoms with Crippen molar-refractivity contribution in [2.45, 2.75) is 96.5 Å². The molecule has 0 aliphatic carbocycles. The van der Waals surface area contributed by atoms with E-state index in [0.29, 0.717) is 6.42 Å². The van der Waals surface area contributed by atoms with Gasteiger partial charge in [-0.25, -0.2) is 0 Å². The summed E-state index contributed by atoms with van der Waals surface area (Å²) in [6, 6.07) is 0. The van der Waals surface area contributed by atoms with Gasteiger partial charge in [0.2, 0.25) is 0 Å². The minimum absolute atomic E-state index is 0.305. The molecule has 2 N–H and O–H groups in total. The molecule has 3 heteroatoms. The van der Waals surface area contributed by atoms with Gasteiger partial charge in [0, 0.05) is 6.42 Å². The molecule has 132 valence electrons. The van der Waals surface area contributed by atoms with Gasteiger partial charge < -0.3 is 10.2 Å². The number of aliphatic hydroxyl groups excluding tert-OH is 1. The quantitative estimate of drug-likeness (QED) is 0.346. The van der Waals surface area contributed by atoms with Crippen LogP contribution in [0.25, 0.3) is 0 Å². The number of hydrogen-bond acceptors (Lipinski definition) is 2. The van der Waals surface area contributed by atoms with Gasteiger partial charge in [-0.2, -0.15) is 0 Å². The van der Waals surface area contributed by atoms with Crippen molar-refractivity contribution in [3.8, 4) is 11.8 Å². The summed E-state index contributed by atoms with van der Waals surface area (Å²) in [5.74, 6) is 5.09. The molecule has 0 rings (SSSR count). The predicted molar refractivity (Wildman–Crippen MR) is 96.3 cm³/mol. The third kappa shape index (κ3) is 18.7. The summed E-state index contributed by atoms with van der Waals surface area (Å²) in [7, 11) is 0. The molecule has 0 saturated carbocycles. The molecule has 23 heavy (non-hydrogen) atoms. The molecule has 1 atom stereocenters. The highest BCUT2D eigenvalue weighted by Gasteiger charge is 1.97. The van der Waals surface area contributed by atoms with Gasteiger partial charge in [-0.1, -0.05) is 69.8 Å². The fourth-order valence-corrected chi connectivity index (χ4v) is 2.37. The third-order valence-corrected chi connectivity index (χ3v) is 3.79. The standard InChI is InChI=1S/C20H34O3/c1-2-3-13-16-19(21)17-14-11-9-7-5-4-6-8-10-12-15-18-20(22)23/h9,11,19,21H,2-8,10,12-13,15-16,18H2,1H3,(H,22,23)/b11-9+/t19-/m0/s1. The minimum atomic E-state index is -0.687. The van der Waals surface area contributed by atoms with Crippen LogP contribution in [-0.2, 0) is 4.79 Å². The molecule has 0 aromatic carbocycles. The van der Waals surface area contributed by atoms with Crippen LogP contribution in [0.15, 0.2) is 12.2 Å². The highest BCUT2D eigenvalue weighted by atomic mass is 16.4. The smallest absolute Gasteiger partial charge is 0.303 e. The lowest BCUT2D eigenvalue weighted by molar-refractivity contribution is -0.137. The molecule has 0 aliphatic rings. The Hall–Kier alpha value is -1.27. The van der Waals surface area contributed by atoms with Crippen LogP contribution in [0.4, 0.5) is 0 Å². The highest BCUT2D eigenvalue weighted by molar-refractivity contribution is 5.66. The second kappa shape index (κ2) is 17.1. The largest absolute Gasteiger partial charge is 0.481 e. The van der Waals surface area contributed by atoms with Crippen molar-refractivity contribution >= 4 is 5.97 Å². The molecule has 0 aromatic rings. The SMILES string of the molecule is CCCCC[C@H](O)C#C/C=C/CCCCCCCCCC(=O)O. The van der Waals surface area contributed by atoms with E-state index in [-0.39, 0.29) is 0 Å². The topological polar surface area (TPSA) is 57.5 Å². The molecule has 0 spiro atoms. The maximum Gasteiger partial charge on any atom is 0.303 e. The maximum atomic E-state index is 10.3. The molecule has 0 unspecified atom stereocenters. The van der Waals surface area contributed by atoms with Crippen LogP contribution in [0.5, 0.6) is 0 Å². The molecule has 3 nitrogen and oxygen atoms in total. The third-order valence-electron chi connectivity index (χ3n) is 3.79. The number of rotatable bonds is 14. The summed E-state index contributed by atoms with van der Waals surface area (Å²) in [4.78, 5) is 10.3. The summed E-state index contributed by atoms with van der Waals surface area (Å²) in [6.45, 7) is 2.15. The van der Waals surface area contributed by atoms with Crippen LogP contribution in [-0.4, -0.2) is 22.3 Å². The Balaban J connectivity index is 3.36. The number of allylic oxidation sites excluding steroid dienone is 2. The van der Waals surface area contributed by atoms with E-state index in [1.807, 2.05) is 6.08 Å². The number of carbonyl (C=O) groups is 1. The number of aliphatic hydroxyl groups is 1. The lowest BCUT2D eigenvalue weighted by Crippen LogP contribution is -2.01. The van der Waals surface area contributed by atoms with Gasteiger partial charge in [-0.3, -0.25) is 4.79 Å². The zero-order chi connectivity index (χ0) is 17.2. The van der Waals surface area contributed by atoms with Crippen molar-refractivity contribution in [3.05, 3.63) is 12.2 Å². The van der Waals surface area contributed by atoms with E-state index in [1.165, 1.54) is 32.1 Å². The van der Waals surface area contributed by atoms with E-state index < -0.39 is 12.1 Å². The Labute approximate surface area is 142 Å². The Morgan fingerprint density at radius 2 is 1.65 bits per heavy atom. The molecule has 0 amide bonds. The number of carboxylic acids is 1. The van der Waals surface area contributed by atoms with Crippen molar-refractivity contribution in [2.75, 3.05) is 0 Å². The first-order valence-corrected chi connectivity index (χ1v) is 9.22. The lowest BCUT2D eigenvalue weighted by Gasteiger charge is -2.00. The van der Waals surface area contributed by atoms with Crippen LogP contribution in [0.2, 0.25) is 0 Å². The van der Waals surface area contributed by atoms with E-state index in [4.69, 9.17) is 5.11 Å². The zero-order valence-electron chi connectivity index (χ0n) is 14.7. The summed E-state index contributed by atoms with van der Waals surface area (Å²) >= 11 is 0. The molecule has 0 fully saturated rings.